The number of carbonyl (C=O) groups is 9. The number of aromatic hydroxyl groups is 2. The zero-order valence-electron chi connectivity index (χ0n) is 41.3. The van der Waals surface area contributed by atoms with Crippen LogP contribution in [0.1, 0.15) is 62.1 Å². The summed E-state index contributed by atoms with van der Waals surface area (Å²) < 4.78 is 0. The van der Waals surface area contributed by atoms with E-state index in [2.05, 4.69) is 42.5 Å². The molecule has 4 rings (SSSR count). The van der Waals surface area contributed by atoms with Gasteiger partial charge in [0.25, 0.3) is 0 Å². The summed E-state index contributed by atoms with van der Waals surface area (Å²) in [6.07, 6.45) is 1.02. The van der Waals surface area contributed by atoms with Crippen LogP contribution in [0, 0.1) is 0 Å². The number of aryl methyl sites for hydroxylation is 1. The Morgan fingerprint density at radius 3 is 1.84 bits per heavy atom. The second-order valence-electron chi connectivity index (χ2n) is 17.8. The fraction of sp³-hybridized carbons (Fsp3) is 0.449. The van der Waals surface area contributed by atoms with Gasteiger partial charge in [0.2, 0.25) is 47.3 Å². The fourth-order valence-electron chi connectivity index (χ4n) is 7.49. The molecule has 23 nitrogen and oxygen atoms in total. The van der Waals surface area contributed by atoms with Gasteiger partial charge in [-0.3, -0.25) is 38.4 Å². The average molecular weight is 1100 g/mol. The van der Waals surface area contributed by atoms with Crippen LogP contribution < -0.4 is 65.5 Å². The number of nitrogens with one attached hydrogen (secondary N) is 8. The van der Waals surface area contributed by atoms with E-state index in [1.54, 1.807) is 36.4 Å². The number of urea groups is 1. The van der Waals surface area contributed by atoms with Gasteiger partial charge >= 0.3 is 6.03 Å². The fourth-order valence-corrected chi connectivity index (χ4v) is 9.95. The summed E-state index contributed by atoms with van der Waals surface area (Å²) >= 11 is 6.05. The third-order valence-corrected chi connectivity index (χ3v) is 14.5. The monoisotopic (exact) mass is 1100 g/mol. The largest absolute Gasteiger partial charge is 0.508 e. The topological polar surface area (TPSA) is 394 Å². The minimum Gasteiger partial charge on any atom is -0.508 e. The lowest BCUT2D eigenvalue weighted by Gasteiger charge is -2.28. The van der Waals surface area contributed by atoms with Gasteiger partial charge in [-0.05, 0) is 118 Å². The molecule has 0 aromatic heterocycles. The summed E-state index contributed by atoms with van der Waals surface area (Å²) in [6.45, 7) is 1.61. The van der Waals surface area contributed by atoms with Gasteiger partial charge < -0.3 is 75.7 Å². The first-order valence-corrected chi connectivity index (χ1v) is 27.0. The number of hydrogen-bond acceptors (Lipinski definition) is 15. The summed E-state index contributed by atoms with van der Waals surface area (Å²) in [4.78, 5) is 123. The number of hydrogen-bond donors (Lipinski definition) is 14. The molecule has 8 atom stereocenters. The van der Waals surface area contributed by atoms with Crippen LogP contribution >= 0.6 is 33.2 Å². The van der Waals surface area contributed by atoms with Crippen LogP contribution in [0.25, 0.3) is 0 Å². The zero-order valence-corrected chi connectivity index (χ0v) is 43.7. The molecule has 75 heavy (non-hydrogen) atoms. The molecule has 3 aromatic carbocycles. The van der Waals surface area contributed by atoms with Crippen LogP contribution in [-0.2, 0) is 57.6 Å². The standard InChI is InChI=1S/C49H67ClN12O11S2/c1-27-42(66)61-39(47(71)57-35(41(53)65)20-13-28-9-16-32(63)17-10-28)25-74-75-26-40(62-43(67)34(52)23-29-7-14-31(50)15-8-29)48(72)60-38(24-30-11-18-33(64)19-12-30)46(70)59-37(6-4-22-55-49(54)73)45(69)58-36(44(68)56-27)5-2-3-21-51/h7-12,14-19,27,34-40,63-64H,2-6,13,20-26,51-52H2,1H3,(H2,53,65)(H,56,68)(H,57,71)(H,58,69)(H,59,70)(H,60,72)(H,61,66)(H,62,67)(H3,54,55,73)/t27-,34-,35+,36?,37+,38-,39-,40+/m0/s1. The Morgan fingerprint density at radius 1 is 0.693 bits per heavy atom. The van der Waals surface area contributed by atoms with Crippen molar-refractivity contribution >= 4 is 86.5 Å². The van der Waals surface area contributed by atoms with Crippen molar-refractivity contribution in [1.29, 1.82) is 0 Å². The smallest absolute Gasteiger partial charge is 0.312 e. The summed E-state index contributed by atoms with van der Waals surface area (Å²) in [5.41, 5.74) is 24.9. The normalized spacial score (nSPS) is 21.1. The van der Waals surface area contributed by atoms with Crippen molar-refractivity contribution in [1.82, 2.24) is 42.5 Å². The van der Waals surface area contributed by atoms with Gasteiger partial charge in [-0.25, -0.2) is 4.79 Å². The maximum absolute atomic E-state index is 14.5. The van der Waals surface area contributed by atoms with Crippen LogP contribution in [0.3, 0.4) is 0 Å². The first kappa shape index (κ1) is 60.8. The molecule has 26 heteroatoms. The van der Waals surface area contributed by atoms with E-state index in [1.807, 2.05) is 0 Å². The maximum Gasteiger partial charge on any atom is 0.312 e. The molecule has 0 aliphatic carbocycles. The van der Waals surface area contributed by atoms with Gasteiger partial charge in [-0.15, -0.1) is 0 Å². The third-order valence-electron chi connectivity index (χ3n) is 11.8. The van der Waals surface area contributed by atoms with Crippen molar-refractivity contribution in [3.63, 3.8) is 0 Å². The van der Waals surface area contributed by atoms with E-state index < -0.39 is 102 Å². The minimum absolute atomic E-state index is 0.00504. The molecule has 0 spiro atoms. The molecule has 1 unspecified atom stereocenters. The van der Waals surface area contributed by atoms with Gasteiger partial charge in [-0.2, -0.15) is 0 Å². The molecule has 3 aromatic rings. The summed E-state index contributed by atoms with van der Waals surface area (Å²) in [7, 11) is 2.01. The summed E-state index contributed by atoms with van der Waals surface area (Å²) in [5.74, 6) is -7.06. The Balaban J connectivity index is 1.74. The van der Waals surface area contributed by atoms with Crippen molar-refractivity contribution in [3.05, 3.63) is 94.5 Å². The predicted molar refractivity (Wildman–Crippen MR) is 284 cm³/mol. The molecule has 18 N–H and O–H groups in total. The lowest BCUT2D eigenvalue weighted by molar-refractivity contribution is -0.135. The van der Waals surface area contributed by atoms with Gasteiger partial charge in [0.15, 0.2) is 0 Å². The zero-order chi connectivity index (χ0) is 55.0. The number of halogens is 1. The lowest BCUT2D eigenvalue weighted by Crippen LogP contribution is -2.60. The Hall–Kier alpha value is -6.80. The number of rotatable bonds is 20. The van der Waals surface area contributed by atoms with Crippen LogP contribution in [0.15, 0.2) is 72.8 Å². The lowest BCUT2D eigenvalue weighted by atomic mass is 10.0. The third kappa shape index (κ3) is 21.5. The molecule has 0 radical (unpaired) electrons. The molecule has 1 heterocycles. The SMILES string of the molecule is C[C@@H]1NC(=O)C(CCCCN)NC(=O)[C@@H](CCCNC(N)=O)NC(=O)[C@H](Cc2ccc(O)cc2)NC(=O)[C@H](NC(=O)[C@@H](N)Cc2ccc(Cl)cc2)CSSC[C@@H](C(=O)N[C@H](CCc2ccc(O)cc2)C(N)=O)NC1=O. The van der Waals surface area contributed by atoms with E-state index in [1.165, 1.54) is 43.3 Å². The van der Waals surface area contributed by atoms with Crippen molar-refractivity contribution in [2.75, 3.05) is 24.6 Å². The molecule has 1 saturated heterocycles. The van der Waals surface area contributed by atoms with E-state index >= 15 is 0 Å². The number of nitrogens with two attached hydrogens (primary N) is 4. The van der Waals surface area contributed by atoms with Gasteiger partial charge in [0, 0.05) is 29.5 Å². The predicted octanol–water partition coefficient (Wildman–Crippen LogP) is -0.632. The number of phenolic OH excluding ortho intramolecular Hbond substituents is 2. The first-order valence-electron chi connectivity index (χ1n) is 24.2. The van der Waals surface area contributed by atoms with Crippen LogP contribution in [0.5, 0.6) is 11.5 Å². The van der Waals surface area contributed by atoms with E-state index in [0.29, 0.717) is 29.0 Å². The van der Waals surface area contributed by atoms with Crippen LogP contribution in [0.2, 0.25) is 5.02 Å². The molecule has 10 amide bonds. The van der Waals surface area contributed by atoms with E-state index in [0.717, 1.165) is 27.2 Å². The summed E-state index contributed by atoms with van der Waals surface area (Å²) in [6, 6.07) is 7.18. The Labute approximate surface area is 447 Å². The van der Waals surface area contributed by atoms with E-state index in [4.69, 9.17) is 34.5 Å². The van der Waals surface area contributed by atoms with E-state index in [-0.39, 0.29) is 81.0 Å². The Kier molecular flexibility index (Phi) is 25.2. The van der Waals surface area contributed by atoms with E-state index in [9.17, 15) is 53.4 Å². The molecule has 408 valence electrons. The number of unbranched alkanes of at least 4 members (excludes halogenated alkanes) is 1. The van der Waals surface area contributed by atoms with Crippen molar-refractivity contribution in [2.45, 2.75) is 113 Å². The number of carbonyl (C=O) groups excluding carboxylic acids is 9. The second-order valence-corrected chi connectivity index (χ2v) is 20.8. The van der Waals surface area contributed by atoms with Gasteiger partial charge in [0.1, 0.15) is 53.8 Å². The molecule has 1 aliphatic rings. The van der Waals surface area contributed by atoms with Gasteiger partial charge in [0.05, 0.1) is 6.04 Å². The molecule has 0 bridgehead atoms. The maximum atomic E-state index is 14.5. The van der Waals surface area contributed by atoms with Crippen LogP contribution in [-0.4, -0.2) is 136 Å². The van der Waals surface area contributed by atoms with Crippen molar-refractivity contribution < 1.29 is 53.4 Å². The first-order chi connectivity index (χ1) is 35.7. The van der Waals surface area contributed by atoms with Crippen LogP contribution in [0.4, 0.5) is 4.79 Å². The minimum atomic E-state index is -1.44. The molecular formula is C49H67ClN12O11S2. The second kappa shape index (κ2) is 31.2. The highest BCUT2D eigenvalue weighted by molar-refractivity contribution is 8.76. The Bertz CT molecular complexity index is 2430. The number of benzene rings is 3. The van der Waals surface area contributed by atoms with Gasteiger partial charge in [-0.1, -0.05) is 69.6 Å². The highest BCUT2D eigenvalue weighted by atomic mass is 35.5. The molecule has 0 saturated carbocycles. The molecule has 1 aliphatic heterocycles. The number of amides is 10. The Morgan fingerprint density at radius 2 is 1.24 bits per heavy atom. The quantitative estimate of drug-likeness (QED) is 0.0495. The number of phenols is 2. The highest BCUT2D eigenvalue weighted by Crippen LogP contribution is 2.24. The number of primary amides is 2. The molecule has 1 fully saturated rings. The average Bonchev–Trinajstić information content (AvgIpc) is 3.37. The highest BCUT2D eigenvalue weighted by Gasteiger charge is 2.34. The summed E-state index contributed by atoms with van der Waals surface area (Å²) in [5, 5.41) is 41.2. The molecular weight excluding hydrogens is 1030 g/mol. The van der Waals surface area contributed by atoms with Crippen molar-refractivity contribution in [3.8, 4) is 11.5 Å². The van der Waals surface area contributed by atoms with Crippen molar-refractivity contribution in [2.24, 2.45) is 22.9 Å².